The molecule has 270 valence electrons. The Bertz CT molecular complexity index is 3340. The van der Waals surface area contributed by atoms with E-state index in [-0.39, 0.29) is 6.17 Å². The van der Waals surface area contributed by atoms with Crippen LogP contribution in [0.3, 0.4) is 0 Å². The van der Waals surface area contributed by atoms with Crippen molar-refractivity contribution in [3.8, 4) is 16.8 Å². The first-order valence-electron chi connectivity index (χ1n) is 19.5. The third-order valence-electron chi connectivity index (χ3n) is 11.5. The van der Waals surface area contributed by atoms with Gasteiger partial charge in [0.2, 0.25) is 0 Å². The lowest BCUT2D eigenvalue weighted by molar-refractivity contribution is 0.674. The number of para-hydroxylation sites is 2. The molecule has 3 aromatic heterocycles. The van der Waals surface area contributed by atoms with Crippen molar-refractivity contribution < 1.29 is 0 Å². The van der Waals surface area contributed by atoms with E-state index in [0.717, 1.165) is 41.2 Å². The van der Waals surface area contributed by atoms with Gasteiger partial charge in [0.25, 0.3) is 0 Å². The Balaban J connectivity index is 0.908. The highest BCUT2D eigenvalue weighted by Crippen LogP contribution is 2.41. The van der Waals surface area contributed by atoms with Crippen LogP contribution in [-0.2, 0) is 0 Å². The molecule has 12 rings (SSSR count). The molecule has 1 aliphatic carbocycles. The van der Waals surface area contributed by atoms with Crippen molar-refractivity contribution >= 4 is 96.5 Å². The molecule has 4 heterocycles. The van der Waals surface area contributed by atoms with E-state index < -0.39 is 0 Å². The van der Waals surface area contributed by atoms with Gasteiger partial charge in [0.05, 0.1) is 11.0 Å². The SMILES string of the molecule is C1=CC(C2=NC(c3ccc4c(c3)sc3ccc(-c5ccc6c(c5)sc5ccc(-n7c8ccccc8c8ccccc87)cc56)cc34)=NC(c3ccccc3)N2)=CCC1. The summed E-state index contributed by atoms with van der Waals surface area (Å²) in [6, 6.07) is 55.5. The number of allylic oxidation sites excluding steroid dienone is 2. The molecule has 1 atom stereocenters. The first-order valence-corrected chi connectivity index (χ1v) is 21.1. The summed E-state index contributed by atoms with van der Waals surface area (Å²) in [6.07, 6.45) is 8.56. The highest BCUT2D eigenvalue weighted by molar-refractivity contribution is 7.26. The second-order valence-electron chi connectivity index (χ2n) is 14.9. The minimum Gasteiger partial charge on any atom is -0.344 e. The van der Waals surface area contributed by atoms with Crippen LogP contribution in [0.25, 0.3) is 79.0 Å². The minimum atomic E-state index is -0.203. The van der Waals surface area contributed by atoms with Crippen LogP contribution < -0.4 is 5.32 Å². The van der Waals surface area contributed by atoms with E-state index in [2.05, 4.69) is 174 Å². The molecule has 0 saturated carbocycles. The number of benzene rings is 7. The minimum absolute atomic E-state index is 0.203. The van der Waals surface area contributed by atoms with Crippen molar-refractivity contribution in [2.24, 2.45) is 9.98 Å². The third-order valence-corrected chi connectivity index (χ3v) is 13.7. The molecule has 0 fully saturated rings. The fourth-order valence-electron chi connectivity index (χ4n) is 8.70. The third kappa shape index (κ3) is 5.40. The molecule has 0 spiro atoms. The van der Waals surface area contributed by atoms with Crippen LogP contribution in [0.1, 0.15) is 30.1 Å². The molecule has 7 aromatic carbocycles. The number of amidine groups is 2. The summed E-state index contributed by atoms with van der Waals surface area (Å²) in [5, 5.41) is 11.3. The molecule has 0 bridgehead atoms. The fourth-order valence-corrected chi connectivity index (χ4v) is 11.0. The average molecular weight is 767 g/mol. The lowest BCUT2D eigenvalue weighted by Gasteiger charge is -2.24. The van der Waals surface area contributed by atoms with Gasteiger partial charge in [-0.05, 0) is 84.1 Å². The average Bonchev–Trinajstić information content (AvgIpc) is 3.95. The van der Waals surface area contributed by atoms with Crippen molar-refractivity contribution in [1.82, 2.24) is 9.88 Å². The van der Waals surface area contributed by atoms with Gasteiger partial charge in [0.1, 0.15) is 12.0 Å². The second-order valence-corrected chi connectivity index (χ2v) is 17.1. The van der Waals surface area contributed by atoms with E-state index in [1.54, 1.807) is 0 Å². The van der Waals surface area contributed by atoms with Gasteiger partial charge in [0.15, 0.2) is 5.84 Å². The lowest BCUT2D eigenvalue weighted by Crippen LogP contribution is -2.34. The lowest BCUT2D eigenvalue weighted by atomic mass is 10.0. The molecular formula is C51H34N4S2. The Labute approximate surface area is 337 Å². The summed E-state index contributed by atoms with van der Waals surface area (Å²) in [4.78, 5) is 10.2. The molecule has 0 radical (unpaired) electrons. The molecule has 0 saturated heterocycles. The predicted octanol–water partition coefficient (Wildman–Crippen LogP) is 13.9. The Kier molecular flexibility index (Phi) is 7.43. The van der Waals surface area contributed by atoms with Crippen LogP contribution >= 0.6 is 22.7 Å². The van der Waals surface area contributed by atoms with Gasteiger partial charge in [-0.3, -0.25) is 0 Å². The maximum absolute atomic E-state index is 5.14. The number of hydrogen-bond donors (Lipinski definition) is 1. The van der Waals surface area contributed by atoms with Crippen LogP contribution in [0.4, 0.5) is 0 Å². The Morgan fingerprint density at radius 2 is 1.16 bits per heavy atom. The number of aliphatic imine (C=N–C) groups is 2. The number of nitrogens with one attached hydrogen (secondary N) is 1. The zero-order chi connectivity index (χ0) is 37.5. The molecule has 2 aliphatic rings. The van der Waals surface area contributed by atoms with Crippen molar-refractivity contribution in [3.63, 3.8) is 0 Å². The molecule has 6 heteroatoms. The van der Waals surface area contributed by atoms with Crippen molar-refractivity contribution in [3.05, 3.63) is 187 Å². The molecule has 1 N–H and O–H groups in total. The van der Waals surface area contributed by atoms with Crippen LogP contribution in [-0.4, -0.2) is 16.2 Å². The van der Waals surface area contributed by atoms with Crippen molar-refractivity contribution in [2.45, 2.75) is 19.0 Å². The smallest absolute Gasteiger partial charge is 0.159 e. The highest BCUT2D eigenvalue weighted by atomic mass is 32.1. The molecule has 10 aromatic rings. The van der Waals surface area contributed by atoms with Gasteiger partial charge < -0.3 is 9.88 Å². The van der Waals surface area contributed by atoms with Gasteiger partial charge in [0, 0.05) is 67.9 Å². The Hall–Kier alpha value is -6.60. The molecule has 57 heavy (non-hydrogen) atoms. The van der Waals surface area contributed by atoms with E-state index in [0.29, 0.717) is 0 Å². The largest absolute Gasteiger partial charge is 0.344 e. The summed E-state index contributed by atoms with van der Waals surface area (Å²) in [7, 11) is 0. The van der Waals surface area contributed by atoms with Crippen LogP contribution in [0.2, 0.25) is 0 Å². The van der Waals surface area contributed by atoms with Crippen LogP contribution in [0, 0.1) is 0 Å². The van der Waals surface area contributed by atoms with Crippen LogP contribution in [0.15, 0.2) is 185 Å². The van der Waals surface area contributed by atoms with E-state index in [1.165, 1.54) is 79.0 Å². The van der Waals surface area contributed by atoms with Crippen molar-refractivity contribution in [1.29, 1.82) is 0 Å². The molecular weight excluding hydrogens is 733 g/mol. The monoisotopic (exact) mass is 766 g/mol. The van der Waals surface area contributed by atoms with Gasteiger partial charge >= 0.3 is 0 Å². The number of fused-ring (bicyclic) bond motifs is 9. The van der Waals surface area contributed by atoms with Crippen molar-refractivity contribution in [2.75, 3.05) is 0 Å². The topological polar surface area (TPSA) is 41.7 Å². The number of hydrogen-bond acceptors (Lipinski definition) is 5. The van der Waals surface area contributed by atoms with Gasteiger partial charge in [-0.1, -0.05) is 115 Å². The predicted molar refractivity (Wildman–Crippen MR) is 245 cm³/mol. The standard InChI is InChI=1S/C51H34N4S2/c1-3-11-31(12-4-1)49-52-50(32-13-5-2-6-14-32)54-51(53-49)35-20-24-39-41-27-33(21-25-45(41)56-48(39)29-35)34-19-23-40-42-30-36(22-26-46(42)57-47(40)28-34)55-43-17-9-7-15-37(43)38-16-8-10-18-44(38)55/h1,3-5,7-30,49H,2,6H2,(H,52,53,54). The van der Waals surface area contributed by atoms with Gasteiger partial charge in [-0.2, -0.15) is 0 Å². The number of thiophene rings is 2. The molecule has 0 amide bonds. The van der Waals surface area contributed by atoms with E-state index in [4.69, 9.17) is 9.98 Å². The van der Waals surface area contributed by atoms with E-state index in [9.17, 15) is 0 Å². The zero-order valence-corrected chi connectivity index (χ0v) is 32.4. The fraction of sp³-hybridized carbons (Fsp3) is 0.0588. The molecule has 4 nitrogen and oxygen atoms in total. The zero-order valence-electron chi connectivity index (χ0n) is 30.8. The van der Waals surface area contributed by atoms with E-state index in [1.807, 2.05) is 28.7 Å². The first-order chi connectivity index (χ1) is 28.2. The number of nitrogens with zero attached hydrogens (tertiary/aromatic N) is 3. The second kappa shape index (κ2) is 13.0. The Morgan fingerprint density at radius 1 is 0.526 bits per heavy atom. The molecule has 1 aliphatic heterocycles. The number of aromatic nitrogens is 1. The summed E-state index contributed by atoms with van der Waals surface area (Å²) < 4.78 is 7.53. The normalized spacial score (nSPS) is 15.8. The van der Waals surface area contributed by atoms with Crippen LogP contribution in [0.5, 0.6) is 0 Å². The van der Waals surface area contributed by atoms with Gasteiger partial charge in [-0.15, -0.1) is 22.7 Å². The number of rotatable bonds is 5. The Morgan fingerprint density at radius 3 is 1.89 bits per heavy atom. The van der Waals surface area contributed by atoms with Gasteiger partial charge in [-0.25, -0.2) is 9.98 Å². The quantitative estimate of drug-likeness (QED) is 0.186. The summed E-state index contributed by atoms with van der Waals surface area (Å²) >= 11 is 3.71. The maximum atomic E-state index is 5.14. The molecule has 1 unspecified atom stereocenters. The van der Waals surface area contributed by atoms with E-state index >= 15 is 0 Å². The highest BCUT2D eigenvalue weighted by Gasteiger charge is 2.22. The summed E-state index contributed by atoms with van der Waals surface area (Å²) in [5.41, 5.74) is 9.40. The maximum Gasteiger partial charge on any atom is 0.159 e. The first kappa shape index (κ1) is 32.6. The summed E-state index contributed by atoms with van der Waals surface area (Å²) in [6.45, 7) is 0. The summed E-state index contributed by atoms with van der Waals surface area (Å²) in [5.74, 6) is 1.64.